The van der Waals surface area contributed by atoms with Crippen molar-refractivity contribution in [3.8, 4) is 0 Å². The summed E-state index contributed by atoms with van der Waals surface area (Å²) in [5, 5.41) is 15.9. The lowest BCUT2D eigenvalue weighted by Crippen LogP contribution is -2.20. The highest BCUT2D eigenvalue weighted by atomic mass is 16.6. The number of carboxylic acids is 1. The van der Waals surface area contributed by atoms with Crippen molar-refractivity contribution >= 4 is 5.97 Å². The van der Waals surface area contributed by atoms with E-state index in [2.05, 4.69) is 15.8 Å². The predicted octanol–water partition coefficient (Wildman–Crippen LogP) is 0.698. The molecular weight excluding hydrogens is 248 g/mol. The molecule has 0 aliphatic heterocycles. The van der Waals surface area contributed by atoms with Gasteiger partial charge in [0.05, 0.1) is 19.3 Å². The first kappa shape index (κ1) is 13.2. The minimum absolute atomic E-state index is 0.0646. The predicted molar refractivity (Wildman–Crippen MR) is 66.2 cm³/mol. The minimum atomic E-state index is -1.08. The zero-order valence-corrected chi connectivity index (χ0v) is 10.2. The van der Waals surface area contributed by atoms with Crippen LogP contribution in [0.25, 0.3) is 0 Å². The van der Waals surface area contributed by atoms with Crippen molar-refractivity contribution in [2.45, 2.75) is 13.2 Å². The number of rotatable bonds is 7. The summed E-state index contributed by atoms with van der Waals surface area (Å²) in [6.45, 7) is 1.46. The number of carboxylic acid groups (broad SMARTS) is 1. The highest BCUT2D eigenvalue weighted by Gasteiger charge is 2.07. The fourth-order valence-corrected chi connectivity index (χ4v) is 1.45. The molecule has 0 saturated heterocycles. The molecule has 0 radical (unpaired) electrons. The Morgan fingerprint density at radius 1 is 1.37 bits per heavy atom. The van der Waals surface area contributed by atoms with Crippen LogP contribution >= 0.6 is 0 Å². The Bertz CT molecular complexity index is 527. The lowest BCUT2D eigenvalue weighted by Gasteiger charge is -2.05. The summed E-state index contributed by atoms with van der Waals surface area (Å²) >= 11 is 0. The number of aromatic nitrogens is 3. The number of carbonyl (C=O) groups is 1. The molecule has 2 N–H and O–H groups in total. The first-order valence-corrected chi connectivity index (χ1v) is 5.78. The molecule has 7 heteroatoms. The van der Waals surface area contributed by atoms with Gasteiger partial charge in [0.2, 0.25) is 0 Å². The number of nitrogens with one attached hydrogen (secondary N) is 1. The molecule has 0 saturated carbocycles. The molecule has 7 nitrogen and oxygen atoms in total. The highest BCUT2D eigenvalue weighted by Crippen LogP contribution is 1.98. The molecule has 0 amide bonds. The number of hydroxylamine groups is 1. The summed E-state index contributed by atoms with van der Waals surface area (Å²) < 4.78 is 1.45. The fraction of sp³-hybridized carbons (Fsp3) is 0.250. The van der Waals surface area contributed by atoms with Crippen molar-refractivity contribution in [2.24, 2.45) is 0 Å². The van der Waals surface area contributed by atoms with Crippen LogP contribution in [0.2, 0.25) is 0 Å². The van der Waals surface area contributed by atoms with Gasteiger partial charge >= 0.3 is 5.97 Å². The molecule has 0 spiro atoms. The average molecular weight is 262 g/mol. The third-order valence-electron chi connectivity index (χ3n) is 2.38. The summed E-state index contributed by atoms with van der Waals surface area (Å²) in [4.78, 5) is 15.9. The Labute approximate surface area is 109 Å². The third kappa shape index (κ3) is 4.16. The van der Waals surface area contributed by atoms with Crippen molar-refractivity contribution < 1.29 is 14.7 Å². The normalized spacial score (nSPS) is 10.5. The van der Waals surface area contributed by atoms with Crippen LogP contribution in [-0.2, 0) is 18.0 Å². The molecule has 2 aromatic rings. The van der Waals surface area contributed by atoms with Crippen LogP contribution in [0.3, 0.4) is 0 Å². The van der Waals surface area contributed by atoms with Gasteiger partial charge in [-0.15, -0.1) is 5.10 Å². The van der Waals surface area contributed by atoms with Gasteiger partial charge in [-0.25, -0.2) is 10.3 Å². The second-order valence-corrected chi connectivity index (χ2v) is 3.84. The largest absolute Gasteiger partial charge is 0.476 e. The van der Waals surface area contributed by atoms with Crippen molar-refractivity contribution in [2.75, 3.05) is 6.54 Å². The van der Waals surface area contributed by atoms with Crippen LogP contribution < -0.4 is 5.48 Å². The van der Waals surface area contributed by atoms with Crippen LogP contribution in [0, 0.1) is 0 Å². The van der Waals surface area contributed by atoms with Crippen molar-refractivity contribution in [3.05, 3.63) is 47.8 Å². The molecule has 0 unspecified atom stereocenters. The van der Waals surface area contributed by atoms with Crippen LogP contribution in [0.4, 0.5) is 0 Å². The summed E-state index contributed by atoms with van der Waals surface area (Å²) in [7, 11) is 0. The Morgan fingerprint density at radius 3 is 2.84 bits per heavy atom. The van der Waals surface area contributed by atoms with Crippen LogP contribution in [0.15, 0.2) is 36.5 Å². The zero-order valence-electron chi connectivity index (χ0n) is 10.2. The second kappa shape index (κ2) is 6.62. The summed E-state index contributed by atoms with van der Waals surface area (Å²) in [5.74, 6) is -1.08. The molecule has 0 fully saturated rings. The molecule has 19 heavy (non-hydrogen) atoms. The lowest BCUT2D eigenvalue weighted by atomic mass is 10.2. The number of nitrogens with zero attached hydrogens (tertiary/aromatic N) is 3. The number of benzene rings is 1. The monoisotopic (exact) mass is 262 g/mol. The van der Waals surface area contributed by atoms with Gasteiger partial charge in [-0.3, -0.25) is 9.52 Å². The van der Waals surface area contributed by atoms with Gasteiger partial charge in [0.25, 0.3) is 0 Å². The number of aromatic carboxylic acids is 1. The Morgan fingerprint density at radius 2 is 2.16 bits per heavy atom. The van der Waals surface area contributed by atoms with E-state index in [-0.39, 0.29) is 5.69 Å². The smallest absolute Gasteiger partial charge is 0.358 e. The van der Waals surface area contributed by atoms with Crippen molar-refractivity contribution in [3.63, 3.8) is 0 Å². The van der Waals surface area contributed by atoms with Gasteiger partial charge in [-0.2, -0.15) is 0 Å². The first-order chi connectivity index (χ1) is 9.25. The van der Waals surface area contributed by atoms with Gasteiger partial charge < -0.3 is 5.11 Å². The van der Waals surface area contributed by atoms with E-state index in [1.807, 2.05) is 30.3 Å². The van der Waals surface area contributed by atoms with Gasteiger partial charge in [-0.05, 0) is 5.56 Å². The SMILES string of the molecule is O=C(O)c1cn(CCNOCc2ccccc2)nn1. The number of hydrogen-bond donors (Lipinski definition) is 2. The van der Waals surface area contributed by atoms with E-state index in [0.29, 0.717) is 19.7 Å². The maximum absolute atomic E-state index is 10.6. The Hall–Kier alpha value is -2.25. The standard InChI is InChI=1S/C12H14N4O3/c17-12(18)11-8-16(15-14-11)7-6-13-19-9-10-4-2-1-3-5-10/h1-5,8,13H,6-7,9H2,(H,17,18). The lowest BCUT2D eigenvalue weighted by molar-refractivity contribution is 0.0257. The third-order valence-corrected chi connectivity index (χ3v) is 2.38. The molecule has 100 valence electrons. The zero-order chi connectivity index (χ0) is 13.5. The molecule has 1 aromatic carbocycles. The molecule has 2 rings (SSSR count). The fourth-order valence-electron chi connectivity index (χ4n) is 1.45. The minimum Gasteiger partial charge on any atom is -0.476 e. The molecule has 0 aliphatic carbocycles. The van der Waals surface area contributed by atoms with E-state index in [1.54, 1.807) is 0 Å². The van der Waals surface area contributed by atoms with E-state index in [1.165, 1.54) is 10.9 Å². The molecular formula is C12H14N4O3. The highest BCUT2D eigenvalue weighted by molar-refractivity contribution is 5.84. The van der Waals surface area contributed by atoms with E-state index in [4.69, 9.17) is 9.94 Å². The molecule has 0 aliphatic rings. The molecule has 0 bridgehead atoms. The van der Waals surface area contributed by atoms with E-state index < -0.39 is 5.97 Å². The first-order valence-electron chi connectivity index (χ1n) is 5.78. The van der Waals surface area contributed by atoms with Crippen LogP contribution in [0.5, 0.6) is 0 Å². The molecule has 1 heterocycles. The Kier molecular flexibility index (Phi) is 4.60. The maximum atomic E-state index is 10.6. The van der Waals surface area contributed by atoms with E-state index in [9.17, 15) is 4.79 Å². The molecule has 0 atom stereocenters. The second-order valence-electron chi connectivity index (χ2n) is 3.84. The number of hydrogen-bond acceptors (Lipinski definition) is 5. The van der Waals surface area contributed by atoms with Gasteiger partial charge in [0.15, 0.2) is 5.69 Å². The van der Waals surface area contributed by atoms with Crippen molar-refractivity contribution in [1.29, 1.82) is 0 Å². The molecule has 1 aromatic heterocycles. The summed E-state index contributed by atoms with van der Waals surface area (Å²) in [5.41, 5.74) is 3.79. The summed E-state index contributed by atoms with van der Waals surface area (Å²) in [6, 6.07) is 9.78. The van der Waals surface area contributed by atoms with E-state index >= 15 is 0 Å². The maximum Gasteiger partial charge on any atom is 0.358 e. The van der Waals surface area contributed by atoms with E-state index in [0.717, 1.165) is 5.56 Å². The van der Waals surface area contributed by atoms with Gasteiger partial charge in [-0.1, -0.05) is 35.5 Å². The Balaban J connectivity index is 1.65. The van der Waals surface area contributed by atoms with Crippen molar-refractivity contribution in [1.82, 2.24) is 20.5 Å². The van der Waals surface area contributed by atoms with Gasteiger partial charge in [0, 0.05) is 6.54 Å². The average Bonchev–Trinajstić information content (AvgIpc) is 2.89. The van der Waals surface area contributed by atoms with Gasteiger partial charge in [0.1, 0.15) is 0 Å². The summed E-state index contributed by atoms with van der Waals surface area (Å²) in [6.07, 6.45) is 1.38. The topological polar surface area (TPSA) is 89.3 Å². The van der Waals surface area contributed by atoms with Crippen LogP contribution in [0.1, 0.15) is 16.1 Å². The quantitative estimate of drug-likeness (QED) is 0.564. The van der Waals surface area contributed by atoms with Crippen LogP contribution in [-0.4, -0.2) is 32.6 Å².